The summed E-state index contributed by atoms with van der Waals surface area (Å²) in [6, 6.07) is 36.2. The Morgan fingerprint density at radius 3 is 1.21 bits per heavy atom. The molecule has 0 atom stereocenters. The second-order valence-corrected chi connectivity index (χ2v) is 14.9. The van der Waals surface area contributed by atoms with Gasteiger partial charge in [0.15, 0.2) is 34.4 Å². The van der Waals surface area contributed by atoms with Crippen LogP contribution in [0.5, 0.6) is 0 Å². The Morgan fingerprint density at radius 1 is 0.393 bits per heavy atom. The monoisotopic (exact) mass is 822 g/mol. The van der Waals surface area contributed by atoms with E-state index in [9.17, 15) is 4.39 Å². The first kappa shape index (κ1) is 35.4. The summed E-state index contributed by atoms with van der Waals surface area (Å²) in [6.07, 6.45) is -5.22. The van der Waals surface area contributed by atoms with Crippen LogP contribution in [-0.2, 0) is 6.18 Å². The number of nitrogens with zero attached hydrogens (tertiary/aromatic N) is 2. The van der Waals surface area contributed by atoms with Crippen LogP contribution < -0.4 is 0 Å². The van der Waals surface area contributed by atoms with Crippen molar-refractivity contribution >= 4 is 87.5 Å². The molecule has 0 saturated heterocycles. The number of hydrogen-bond acceptors (Lipinski definition) is 2. The molecule has 0 fully saturated rings. The molecule has 0 spiro atoms. The van der Waals surface area contributed by atoms with Gasteiger partial charge in [-0.1, -0.05) is 84.9 Å². The SMILES string of the molecule is Fc1c(F)c(F)c(-c2cc(-n3c4ccccc4c4ccc5c6ccccc6oc5c43)c(C(F)(F)F)c(-n3c4ccccc4c4ccc5c6ccccc6oc5c43)c2)c(F)c1F. The average Bonchev–Trinajstić information content (AvgIpc) is 4.02. The van der Waals surface area contributed by atoms with Crippen LogP contribution in [0.25, 0.3) is 110 Å². The first-order chi connectivity index (χ1) is 29.5. The third-order valence-corrected chi connectivity index (χ3v) is 11.7. The Morgan fingerprint density at radius 2 is 0.770 bits per heavy atom. The van der Waals surface area contributed by atoms with Crippen molar-refractivity contribution in [3.05, 3.63) is 168 Å². The third-order valence-electron chi connectivity index (χ3n) is 11.7. The number of alkyl halides is 3. The predicted octanol–water partition coefficient (Wildman–Crippen LogP) is 15.1. The molecule has 0 radical (unpaired) electrons. The van der Waals surface area contributed by atoms with Crippen LogP contribution in [0.15, 0.2) is 142 Å². The first-order valence-corrected chi connectivity index (χ1v) is 19.0. The Hall–Kier alpha value is -7.60. The molecule has 0 N–H and O–H groups in total. The molecular formula is C49H22F8N2O2. The van der Waals surface area contributed by atoms with E-state index in [1.54, 1.807) is 109 Å². The maximum Gasteiger partial charge on any atom is 0.420 e. The molecule has 4 nitrogen and oxygen atoms in total. The molecule has 4 heterocycles. The maximum atomic E-state index is 16.5. The highest BCUT2D eigenvalue weighted by molar-refractivity contribution is 6.23. The fourth-order valence-electron chi connectivity index (χ4n) is 9.22. The number of aromatic nitrogens is 2. The number of para-hydroxylation sites is 4. The zero-order valence-electron chi connectivity index (χ0n) is 30.9. The van der Waals surface area contributed by atoms with Crippen molar-refractivity contribution < 1.29 is 44.0 Å². The molecular weight excluding hydrogens is 801 g/mol. The Kier molecular flexibility index (Phi) is 7.09. The maximum absolute atomic E-state index is 16.5. The summed E-state index contributed by atoms with van der Waals surface area (Å²) >= 11 is 0. The molecule has 0 aliphatic carbocycles. The Balaban J connectivity index is 1.34. The van der Waals surface area contributed by atoms with Gasteiger partial charge in [-0.05, 0) is 54.1 Å². The number of fused-ring (bicyclic) bond motifs is 14. The number of furan rings is 2. The predicted molar refractivity (Wildman–Crippen MR) is 220 cm³/mol. The Labute approximate surface area is 336 Å². The van der Waals surface area contributed by atoms with E-state index in [2.05, 4.69) is 0 Å². The number of rotatable bonds is 3. The van der Waals surface area contributed by atoms with Gasteiger partial charge < -0.3 is 18.0 Å². The lowest BCUT2D eigenvalue weighted by atomic mass is 9.97. The van der Waals surface area contributed by atoms with Crippen molar-refractivity contribution in [2.45, 2.75) is 6.18 Å². The van der Waals surface area contributed by atoms with Gasteiger partial charge in [-0.25, -0.2) is 22.0 Å². The van der Waals surface area contributed by atoms with Crippen molar-refractivity contribution in [1.29, 1.82) is 0 Å². The summed E-state index contributed by atoms with van der Waals surface area (Å²) in [6.45, 7) is 0. The number of hydrogen-bond donors (Lipinski definition) is 0. The quantitative estimate of drug-likeness (QED) is 0.101. The van der Waals surface area contributed by atoms with E-state index in [4.69, 9.17) is 8.83 Å². The molecule has 12 aromatic rings. The molecule has 0 unspecified atom stereocenters. The van der Waals surface area contributed by atoms with Gasteiger partial charge >= 0.3 is 6.18 Å². The number of benzene rings is 8. The van der Waals surface area contributed by atoms with E-state index >= 15 is 30.7 Å². The molecule has 12 rings (SSSR count). The minimum absolute atomic E-state index is 0.183. The fraction of sp³-hybridized carbons (Fsp3) is 0.0204. The van der Waals surface area contributed by atoms with E-state index in [0.717, 1.165) is 12.1 Å². The van der Waals surface area contributed by atoms with Gasteiger partial charge in [-0.3, -0.25) is 0 Å². The lowest BCUT2D eigenvalue weighted by Crippen LogP contribution is -2.16. The van der Waals surface area contributed by atoms with Crippen LogP contribution >= 0.6 is 0 Å². The second kappa shape index (κ2) is 12.2. The van der Waals surface area contributed by atoms with Gasteiger partial charge in [-0.2, -0.15) is 13.2 Å². The minimum atomic E-state index is -5.22. The second-order valence-electron chi connectivity index (χ2n) is 14.9. The summed E-state index contributed by atoms with van der Waals surface area (Å²) in [5.74, 6) is -11.3. The molecule has 12 heteroatoms. The highest BCUT2D eigenvalue weighted by atomic mass is 19.4. The van der Waals surface area contributed by atoms with Crippen LogP contribution in [0.1, 0.15) is 5.56 Å². The summed E-state index contributed by atoms with van der Waals surface area (Å²) in [7, 11) is 0. The molecule has 0 bridgehead atoms. The Bertz CT molecular complexity index is 3650. The summed E-state index contributed by atoms with van der Waals surface area (Å²) in [5, 5.41) is 4.51. The lowest BCUT2D eigenvalue weighted by molar-refractivity contribution is -0.137. The van der Waals surface area contributed by atoms with Crippen LogP contribution in [-0.4, -0.2) is 9.13 Å². The summed E-state index contributed by atoms with van der Waals surface area (Å²) < 4.78 is 142. The molecule has 8 aromatic carbocycles. The molecule has 0 saturated carbocycles. The number of halogens is 8. The molecule has 4 aromatic heterocycles. The lowest BCUT2D eigenvalue weighted by Gasteiger charge is -2.23. The molecule has 61 heavy (non-hydrogen) atoms. The minimum Gasteiger partial charge on any atom is -0.454 e. The first-order valence-electron chi connectivity index (χ1n) is 19.0. The highest BCUT2D eigenvalue weighted by Crippen LogP contribution is 2.49. The van der Waals surface area contributed by atoms with Crippen LogP contribution in [0.3, 0.4) is 0 Å². The van der Waals surface area contributed by atoms with Crippen molar-refractivity contribution in [3.8, 4) is 22.5 Å². The van der Waals surface area contributed by atoms with Gasteiger partial charge in [0.05, 0.1) is 39.0 Å². The zero-order valence-corrected chi connectivity index (χ0v) is 30.9. The zero-order chi connectivity index (χ0) is 41.6. The molecule has 0 aliphatic heterocycles. The average molecular weight is 823 g/mol. The summed E-state index contributed by atoms with van der Waals surface area (Å²) in [4.78, 5) is 0. The van der Waals surface area contributed by atoms with Crippen molar-refractivity contribution in [3.63, 3.8) is 0 Å². The van der Waals surface area contributed by atoms with Gasteiger partial charge in [0.25, 0.3) is 0 Å². The van der Waals surface area contributed by atoms with Crippen LogP contribution in [0.4, 0.5) is 35.1 Å². The van der Waals surface area contributed by atoms with Gasteiger partial charge in [0, 0.05) is 43.1 Å². The molecule has 0 amide bonds. The van der Waals surface area contributed by atoms with Crippen LogP contribution in [0.2, 0.25) is 0 Å². The van der Waals surface area contributed by atoms with Crippen molar-refractivity contribution in [1.82, 2.24) is 9.13 Å². The molecule has 296 valence electrons. The smallest absolute Gasteiger partial charge is 0.420 e. The standard InChI is InChI=1S/C49H22F8N2O2/c50-40-38(41(51)43(53)44(54)42(40)52)23-21-34(58-32-13-5-1-9-24(32)28-17-19-30-26-11-3-7-15-36(26)60-47(30)45(28)58)39(49(55,56)57)35(22-23)59-33-14-6-2-10-25(33)29-18-20-31-27-12-4-8-16-37(27)61-48(31)46(29)59/h1-22H. The van der Waals surface area contributed by atoms with E-state index in [1.165, 1.54) is 9.13 Å². The summed E-state index contributed by atoms with van der Waals surface area (Å²) in [5.41, 5.74) is -2.51. The van der Waals surface area contributed by atoms with Gasteiger partial charge in [0.2, 0.25) is 5.82 Å². The van der Waals surface area contributed by atoms with E-state index < -0.39 is 63.3 Å². The van der Waals surface area contributed by atoms with E-state index in [1.807, 2.05) is 12.1 Å². The van der Waals surface area contributed by atoms with Crippen molar-refractivity contribution in [2.24, 2.45) is 0 Å². The highest BCUT2D eigenvalue weighted by Gasteiger charge is 2.41. The van der Waals surface area contributed by atoms with E-state index in [-0.39, 0.29) is 33.2 Å². The third kappa shape index (κ3) is 4.69. The topological polar surface area (TPSA) is 36.1 Å². The van der Waals surface area contributed by atoms with Crippen molar-refractivity contribution in [2.75, 3.05) is 0 Å². The normalized spacial score (nSPS) is 12.6. The van der Waals surface area contributed by atoms with Gasteiger partial charge in [-0.15, -0.1) is 0 Å². The molecule has 0 aliphatic rings. The van der Waals surface area contributed by atoms with Crippen LogP contribution in [0, 0.1) is 29.1 Å². The van der Waals surface area contributed by atoms with E-state index in [0.29, 0.717) is 54.3 Å². The van der Waals surface area contributed by atoms with Gasteiger partial charge in [0.1, 0.15) is 16.7 Å². The fourth-order valence-corrected chi connectivity index (χ4v) is 9.22. The largest absolute Gasteiger partial charge is 0.454 e.